The topological polar surface area (TPSA) is 53.6 Å². The van der Waals surface area contributed by atoms with Gasteiger partial charge in [-0.25, -0.2) is 4.79 Å². The van der Waals surface area contributed by atoms with Crippen LogP contribution in [0.2, 0.25) is 0 Å². The van der Waals surface area contributed by atoms with Crippen LogP contribution in [0, 0.1) is 0 Å². The maximum absolute atomic E-state index is 12.1. The lowest BCUT2D eigenvalue weighted by molar-refractivity contribution is 0.0441. The lowest BCUT2D eigenvalue weighted by atomic mass is 9.93. The van der Waals surface area contributed by atoms with Crippen molar-refractivity contribution in [2.45, 2.75) is 64.0 Å². The second-order valence-corrected chi connectivity index (χ2v) is 7.46. The smallest absolute Gasteiger partial charge is 0.408 e. The summed E-state index contributed by atoms with van der Waals surface area (Å²) in [5.74, 6) is 0. The molecular formula is C16H31N3O2. The second kappa shape index (κ2) is 6.97. The standard InChI is InChI=1S/C16H31N3O2/c1-15(2,3)21-14(20)18-16(6-4-5-7-16)8-11-19-12-9-17-10-13-19/h17H,4-13H2,1-3H3,(H,18,20). The van der Waals surface area contributed by atoms with E-state index in [0.29, 0.717) is 0 Å². The predicted molar refractivity (Wildman–Crippen MR) is 84.5 cm³/mol. The Hall–Kier alpha value is -0.810. The van der Waals surface area contributed by atoms with Gasteiger partial charge in [-0.05, 0) is 40.0 Å². The van der Waals surface area contributed by atoms with Crippen LogP contribution in [-0.4, -0.2) is 54.9 Å². The quantitative estimate of drug-likeness (QED) is 0.834. The predicted octanol–water partition coefficient (Wildman–Crippen LogP) is 2.12. The molecule has 0 aromatic carbocycles. The summed E-state index contributed by atoms with van der Waals surface area (Å²) in [5.41, 5.74) is -0.477. The average molecular weight is 297 g/mol. The Morgan fingerprint density at radius 2 is 1.86 bits per heavy atom. The number of piperazine rings is 1. The number of nitrogens with zero attached hydrogens (tertiary/aromatic N) is 1. The first-order valence-corrected chi connectivity index (χ1v) is 8.33. The van der Waals surface area contributed by atoms with Crippen LogP contribution in [-0.2, 0) is 4.74 Å². The average Bonchev–Trinajstić information content (AvgIpc) is 2.84. The third-order valence-electron chi connectivity index (χ3n) is 4.44. The molecule has 1 amide bonds. The van der Waals surface area contributed by atoms with E-state index in [2.05, 4.69) is 15.5 Å². The number of carbonyl (C=O) groups excluding carboxylic acids is 1. The fourth-order valence-corrected chi connectivity index (χ4v) is 3.32. The summed E-state index contributed by atoms with van der Waals surface area (Å²) >= 11 is 0. The molecule has 0 atom stereocenters. The highest BCUT2D eigenvalue weighted by atomic mass is 16.6. The van der Waals surface area contributed by atoms with Crippen molar-refractivity contribution in [1.29, 1.82) is 0 Å². The molecule has 122 valence electrons. The fourth-order valence-electron chi connectivity index (χ4n) is 3.32. The van der Waals surface area contributed by atoms with Gasteiger partial charge >= 0.3 is 6.09 Å². The zero-order chi connectivity index (χ0) is 15.3. The Balaban J connectivity index is 1.85. The van der Waals surface area contributed by atoms with E-state index in [1.807, 2.05) is 20.8 Å². The van der Waals surface area contributed by atoms with Crippen LogP contribution >= 0.6 is 0 Å². The number of ether oxygens (including phenoxy) is 1. The van der Waals surface area contributed by atoms with E-state index in [0.717, 1.165) is 52.0 Å². The van der Waals surface area contributed by atoms with Crippen LogP contribution < -0.4 is 10.6 Å². The van der Waals surface area contributed by atoms with E-state index in [4.69, 9.17) is 4.74 Å². The van der Waals surface area contributed by atoms with Crippen molar-refractivity contribution in [3.63, 3.8) is 0 Å². The van der Waals surface area contributed by atoms with E-state index < -0.39 is 5.60 Å². The zero-order valence-electron chi connectivity index (χ0n) is 13.8. The van der Waals surface area contributed by atoms with Gasteiger partial charge in [-0.2, -0.15) is 0 Å². The Labute approximate surface area is 128 Å². The van der Waals surface area contributed by atoms with Crippen LogP contribution in [0.1, 0.15) is 52.9 Å². The van der Waals surface area contributed by atoms with Gasteiger partial charge in [0.1, 0.15) is 5.60 Å². The molecule has 0 bridgehead atoms. The van der Waals surface area contributed by atoms with Crippen molar-refractivity contribution in [3.05, 3.63) is 0 Å². The van der Waals surface area contributed by atoms with Gasteiger partial charge in [0.05, 0.1) is 0 Å². The molecule has 0 aromatic rings. The maximum atomic E-state index is 12.1. The molecule has 0 aromatic heterocycles. The van der Waals surface area contributed by atoms with E-state index in [9.17, 15) is 4.79 Å². The molecule has 1 heterocycles. The SMILES string of the molecule is CC(C)(C)OC(=O)NC1(CCN2CCNCC2)CCCC1. The van der Waals surface area contributed by atoms with Gasteiger partial charge in [-0.15, -0.1) is 0 Å². The molecule has 0 radical (unpaired) electrons. The summed E-state index contributed by atoms with van der Waals surface area (Å²) in [5, 5.41) is 6.56. The van der Waals surface area contributed by atoms with Crippen LogP contribution in [0.3, 0.4) is 0 Å². The van der Waals surface area contributed by atoms with Gasteiger partial charge in [0.25, 0.3) is 0 Å². The highest BCUT2D eigenvalue weighted by Crippen LogP contribution is 2.33. The molecule has 5 nitrogen and oxygen atoms in total. The van der Waals surface area contributed by atoms with Crippen molar-refractivity contribution in [2.24, 2.45) is 0 Å². The number of amides is 1. The summed E-state index contributed by atoms with van der Waals surface area (Å²) in [6.07, 6.45) is 5.35. The lowest BCUT2D eigenvalue weighted by Crippen LogP contribution is -2.51. The lowest BCUT2D eigenvalue weighted by Gasteiger charge is -2.35. The third kappa shape index (κ3) is 5.47. The number of nitrogens with one attached hydrogen (secondary N) is 2. The summed E-state index contributed by atoms with van der Waals surface area (Å²) in [4.78, 5) is 14.6. The Morgan fingerprint density at radius 1 is 1.24 bits per heavy atom. The monoisotopic (exact) mass is 297 g/mol. The molecule has 1 aliphatic carbocycles. The molecule has 5 heteroatoms. The minimum absolute atomic E-state index is 0.0484. The summed E-state index contributed by atoms with van der Waals surface area (Å²) < 4.78 is 5.44. The summed E-state index contributed by atoms with van der Waals surface area (Å²) in [6, 6.07) is 0. The zero-order valence-corrected chi connectivity index (χ0v) is 13.8. The number of carbonyl (C=O) groups is 1. The van der Waals surface area contributed by atoms with E-state index in [1.54, 1.807) is 0 Å². The van der Waals surface area contributed by atoms with E-state index in [1.165, 1.54) is 12.8 Å². The van der Waals surface area contributed by atoms with E-state index in [-0.39, 0.29) is 11.6 Å². The van der Waals surface area contributed by atoms with Crippen molar-refractivity contribution < 1.29 is 9.53 Å². The highest BCUT2D eigenvalue weighted by Gasteiger charge is 2.36. The third-order valence-corrected chi connectivity index (χ3v) is 4.44. The molecule has 2 rings (SSSR count). The van der Waals surface area contributed by atoms with Crippen LogP contribution in [0.4, 0.5) is 4.79 Å². The molecule has 0 spiro atoms. The highest BCUT2D eigenvalue weighted by molar-refractivity contribution is 5.68. The number of rotatable bonds is 4. The van der Waals surface area contributed by atoms with Gasteiger partial charge in [0.15, 0.2) is 0 Å². The van der Waals surface area contributed by atoms with Gasteiger partial charge < -0.3 is 20.3 Å². The van der Waals surface area contributed by atoms with Gasteiger partial charge in [-0.3, -0.25) is 0 Å². The van der Waals surface area contributed by atoms with Crippen LogP contribution in [0.15, 0.2) is 0 Å². The van der Waals surface area contributed by atoms with Crippen molar-refractivity contribution in [3.8, 4) is 0 Å². The first-order valence-electron chi connectivity index (χ1n) is 8.33. The van der Waals surface area contributed by atoms with Gasteiger partial charge in [-0.1, -0.05) is 12.8 Å². The number of hydrogen-bond acceptors (Lipinski definition) is 4. The molecule has 2 fully saturated rings. The maximum Gasteiger partial charge on any atom is 0.408 e. The van der Waals surface area contributed by atoms with E-state index >= 15 is 0 Å². The van der Waals surface area contributed by atoms with Gasteiger partial charge in [0.2, 0.25) is 0 Å². The molecule has 0 unspecified atom stereocenters. The molecule has 2 aliphatic rings. The Morgan fingerprint density at radius 3 is 2.43 bits per heavy atom. The molecule has 1 saturated heterocycles. The van der Waals surface area contributed by atoms with Crippen molar-refractivity contribution in [1.82, 2.24) is 15.5 Å². The molecule has 1 saturated carbocycles. The largest absolute Gasteiger partial charge is 0.444 e. The van der Waals surface area contributed by atoms with Crippen molar-refractivity contribution >= 4 is 6.09 Å². The normalized spacial score (nSPS) is 23.0. The Kier molecular flexibility index (Phi) is 5.49. The summed E-state index contributed by atoms with van der Waals surface area (Å²) in [6.45, 7) is 11.2. The minimum atomic E-state index is -0.428. The Bertz CT molecular complexity index is 340. The van der Waals surface area contributed by atoms with Gasteiger partial charge in [0, 0.05) is 38.3 Å². The molecule has 2 N–H and O–H groups in total. The fraction of sp³-hybridized carbons (Fsp3) is 0.938. The minimum Gasteiger partial charge on any atom is -0.444 e. The van der Waals surface area contributed by atoms with Crippen molar-refractivity contribution in [2.75, 3.05) is 32.7 Å². The first kappa shape index (κ1) is 16.6. The molecule has 1 aliphatic heterocycles. The van der Waals surface area contributed by atoms with Crippen LogP contribution in [0.5, 0.6) is 0 Å². The number of alkyl carbamates (subject to hydrolysis) is 1. The number of hydrogen-bond donors (Lipinski definition) is 2. The first-order chi connectivity index (χ1) is 9.89. The molecule has 21 heavy (non-hydrogen) atoms. The summed E-state index contributed by atoms with van der Waals surface area (Å²) in [7, 11) is 0. The molecular weight excluding hydrogens is 266 g/mol. The van der Waals surface area contributed by atoms with Crippen LogP contribution in [0.25, 0.3) is 0 Å². The second-order valence-electron chi connectivity index (χ2n) is 7.46.